The summed E-state index contributed by atoms with van der Waals surface area (Å²) in [6, 6.07) is 27.5. The van der Waals surface area contributed by atoms with Crippen LogP contribution >= 0.6 is 0 Å². The van der Waals surface area contributed by atoms with Gasteiger partial charge in [-0.3, -0.25) is 0 Å². The van der Waals surface area contributed by atoms with Crippen LogP contribution in [0.4, 0.5) is 0 Å². The van der Waals surface area contributed by atoms with Crippen molar-refractivity contribution in [3.05, 3.63) is 78.9 Å². The number of para-hydroxylation sites is 2. The zero-order valence-corrected chi connectivity index (χ0v) is 13.4. The Morgan fingerprint density at radius 2 is 1.38 bits per heavy atom. The number of fused-ring (bicyclic) bond motifs is 4. The van der Waals surface area contributed by atoms with Gasteiger partial charge in [0.15, 0.2) is 0 Å². The van der Waals surface area contributed by atoms with Gasteiger partial charge in [-0.15, -0.1) is 0 Å². The summed E-state index contributed by atoms with van der Waals surface area (Å²) in [5, 5.41) is 2.44. The van der Waals surface area contributed by atoms with Gasteiger partial charge in [-0.05, 0) is 17.7 Å². The summed E-state index contributed by atoms with van der Waals surface area (Å²) < 4.78 is 2.27. The molecule has 3 aromatic rings. The van der Waals surface area contributed by atoms with Crippen molar-refractivity contribution >= 4 is 21.8 Å². The van der Waals surface area contributed by atoms with E-state index in [0.717, 1.165) is 11.2 Å². The number of rotatable bonds is 1. The standard InChI is InChI=1S/C22H16N2/c1-24-19-14-8-6-12-17(19)20(15-9-3-2-4-10-15)21-22(24)16-11-5-7-13-18(16)23-21/h2-14H,1H3. The van der Waals surface area contributed by atoms with Crippen LogP contribution in [-0.2, 0) is 7.05 Å². The lowest BCUT2D eigenvalue weighted by molar-refractivity contribution is 0.968. The summed E-state index contributed by atoms with van der Waals surface area (Å²) in [5.74, 6) is 0. The van der Waals surface area contributed by atoms with Crippen LogP contribution in [0.2, 0.25) is 0 Å². The predicted octanol–water partition coefficient (Wildman–Crippen LogP) is 5.50. The van der Waals surface area contributed by atoms with Crippen molar-refractivity contribution in [1.29, 1.82) is 0 Å². The zero-order chi connectivity index (χ0) is 16.1. The van der Waals surface area contributed by atoms with Gasteiger partial charge in [-0.25, -0.2) is 4.98 Å². The molecule has 2 aliphatic rings. The molecule has 5 rings (SSSR count). The minimum atomic E-state index is 1.05. The number of aromatic nitrogens is 2. The molecule has 0 N–H and O–H groups in total. The van der Waals surface area contributed by atoms with E-state index in [0.29, 0.717) is 0 Å². The SMILES string of the molecule is Cn1c2c3ccccc3nc-2c(-c2ccccc2)c2ccccc21. The third-order valence-electron chi connectivity index (χ3n) is 4.79. The number of pyridine rings is 1. The van der Waals surface area contributed by atoms with Crippen LogP contribution < -0.4 is 0 Å². The highest BCUT2D eigenvalue weighted by molar-refractivity contribution is 6.09. The maximum Gasteiger partial charge on any atom is 0.0966 e. The van der Waals surface area contributed by atoms with E-state index in [1.54, 1.807) is 0 Å². The van der Waals surface area contributed by atoms with Gasteiger partial charge in [-0.2, -0.15) is 0 Å². The van der Waals surface area contributed by atoms with Gasteiger partial charge in [0.25, 0.3) is 0 Å². The first-order valence-electron chi connectivity index (χ1n) is 8.16. The molecular weight excluding hydrogens is 292 g/mol. The molecule has 0 unspecified atom stereocenters. The van der Waals surface area contributed by atoms with E-state index in [-0.39, 0.29) is 0 Å². The molecular formula is C22H16N2. The molecule has 114 valence electrons. The van der Waals surface area contributed by atoms with Crippen LogP contribution in [0.1, 0.15) is 0 Å². The Labute approximate surface area is 140 Å². The predicted molar refractivity (Wildman–Crippen MR) is 100 cm³/mol. The van der Waals surface area contributed by atoms with Crippen LogP contribution in [0.3, 0.4) is 0 Å². The van der Waals surface area contributed by atoms with Crippen molar-refractivity contribution in [2.24, 2.45) is 7.05 Å². The molecule has 0 aliphatic carbocycles. The van der Waals surface area contributed by atoms with Crippen molar-refractivity contribution in [3.8, 4) is 22.5 Å². The zero-order valence-electron chi connectivity index (χ0n) is 13.4. The molecule has 2 heteroatoms. The minimum Gasteiger partial charge on any atom is -0.342 e. The minimum absolute atomic E-state index is 1.05. The fourth-order valence-corrected chi connectivity index (χ4v) is 3.71. The van der Waals surface area contributed by atoms with Gasteiger partial charge in [0.1, 0.15) is 0 Å². The summed E-state index contributed by atoms with van der Waals surface area (Å²) >= 11 is 0. The van der Waals surface area contributed by atoms with E-state index in [9.17, 15) is 0 Å². The fourth-order valence-electron chi connectivity index (χ4n) is 3.71. The molecule has 0 atom stereocenters. The van der Waals surface area contributed by atoms with Crippen LogP contribution in [0.15, 0.2) is 78.9 Å². The van der Waals surface area contributed by atoms with Gasteiger partial charge >= 0.3 is 0 Å². The molecule has 0 radical (unpaired) electrons. The molecule has 2 aliphatic heterocycles. The van der Waals surface area contributed by atoms with E-state index < -0.39 is 0 Å². The molecule has 0 bridgehead atoms. The highest BCUT2D eigenvalue weighted by Crippen LogP contribution is 2.42. The normalized spacial score (nSPS) is 11.5. The third kappa shape index (κ3) is 1.74. The molecule has 2 heterocycles. The first kappa shape index (κ1) is 13.3. The van der Waals surface area contributed by atoms with Crippen molar-refractivity contribution in [2.75, 3.05) is 0 Å². The number of aryl methyl sites for hydroxylation is 1. The maximum absolute atomic E-state index is 4.98. The Balaban J connectivity index is 2.07. The smallest absolute Gasteiger partial charge is 0.0966 e. The number of hydrogen-bond acceptors (Lipinski definition) is 1. The topological polar surface area (TPSA) is 17.8 Å². The van der Waals surface area contributed by atoms with Crippen molar-refractivity contribution in [2.45, 2.75) is 0 Å². The Morgan fingerprint density at radius 3 is 2.21 bits per heavy atom. The van der Waals surface area contributed by atoms with E-state index >= 15 is 0 Å². The largest absolute Gasteiger partial charge is 0.342 e. The molecule has 0 spiro atoms. The molecule has 0 amide bonds. The van der Waals surface area contributed by atoms with Crippen LogP contribution in [0.25, 0.3) is 44.3 Å². The van der Waals surface area contributed by atoms with E-state index in [1.807, 2.05) is 0 Å². The van der Waals surface area contributed by atoms with Gasteiger partial charge in [-0.1, -0.05) is 66.7 Å². The Kier molecular flexibility index (Phi) is 2.74. The first-order chi connectivity index (χ1) is 11.8. The van der Waals surface area contributed by atoms with Crippen LogP contribution in [-0.4, -0.2) is 9.55 Å². The first-order valence-corrected chi connectivity index (χ1v) is 8.16. The monoisotopic (exact) mass is 308 g/mol. The lowest BCUT2D eigenvalue weighted by Crippen LogP contribution is -2.01. The van der Waals surface area contributed by atoms with Gasteiger partial charge in [0, 0.05) is 28.9 Å². The Bertz CT molecular complexity index is 1150. The molecule has 24 heavy (non-hydrogen) atoms. The summed E-state index contributed by atoms with van der Waals surface area (Å²) in [4.78, 5) is 4.98. The van der Waals surface area contributed by atoms with Crippen molar-refractivity contribution in [3.63, 3.8) is 0 Å². The third-order valence-corrected chi connectivity index (χ3v) is 4.79. The van der Waals surface area contributed by atoms with Crippen molar-refractivity contribution in [1.82, 2.24) is 9.55 Å². The second-order valence-electron chi connectivity index (χ2n) is 6.14. The summed E-state index contributed by atoms with van der Waals surface area (Å²) in [7, 11) is 2.13. The van der Waals surface area contributed by atoms with E-state index in [2.05, 4.69) is 90.5 Å². The lowest BCUT2D eigenvalue weighted by Gasteiger charge is -2.18. The Hall–Kier alpha value is -3.13. The lowest BCUT2D eigenvalue weighted by atomic mass is 9.96. The maximum atomic E-state index is 4.98. The molecule has 0 aromatic heterocycles. The molecule has 3 aromatic carbocycles. The molecule has 0 saturated carbocycles. The molecule has 0 fully saturated rings. The Morgan fingerprint density at radius 1 is 0.708 bits per heavy atom. The quantitative estimate of drug-likeness (QED) is 0.400. The van der Waals surface area contributed by atoms with Crippen molar-refractivity contribution < 1.29 is 0 Å². The fraction of sp³-hybridized carbons (Fsp3) is 0.0455. The van der Waals surface area contributed by atoms with Gasteiger partial charge < -0.3 is 4.57 Å². The number of hydrogen-bond donors (Lipinski definition) is 0. The highest BCUT2D eigenvalue weighted by atomic mass is 15.0. The average molecular weight is 308 g/mol. The number of nitrogens with zero attached hydrogens (tertiary/aromatic N) is 2. The van der Waals surface area contributed by atoms with Crippen LogP contribution in [0.5, 0.6) is 0 Å². The summed E-state index contributed by atoms with van der Waals surface area (Å²) in [5.41, 5.74) is 6.97. The van der Waals surface area contributed by atoms with E-state index in [1.165, 1.54) is 33.1 Å². The second-order valence-corrected chi connectivity index (χ2v) is 6.14. The number of benzene rings is 3. The summed E-state index contributed by atoms with van der Waals surface area (Å²) in [6.07, 6.45) is 0. The van der Waals surface area contributed by atoms with Crippen LogP contribution in [0, 0.1) is 0 Å². The average Bonchev–Trinajstić information content (AvgIpc) is 3.02. The molecule has 0 saturated heterocycles. The van der Waals surface area contributed by atoms with Gasteiger partial charge in [0.2, 0.25) is 0 Å². The molecule has 2 nitrogen and oxygen atoms in total. The van der Waals surface area contributed by atoms with Gasteiger partial charge in [0.05, 0.1) is 16.9 Å². The summed E-state index contributed by atoms with van der Waals surface area (Å²) in [6.45, 7) is 0. The van der Waals surface area contributed by atoms with E-state index in [4.69, 9.17) is 4.98 Å². The second kappa shape index (κ2) is 4.93. The highest BCUT2D eigenvalue weighted by Gasteiger charge is 2.22.